The fourth-order valence-corrected chi connectivity index (χ4v) is 3.32. The van der Waals surface area contributed by atoms with E-state index in [-0.39, 0.29) is 6.04 Å². The van der Waals surface area contributed by atoms with E-state index >= 15 is 0 Å². The lowest BCUT2D eigenvalue weighted by atomic mass is 10.1. The van der Waals surface area contributed by atoms with Crippen molar-refractivity contribution < 1.29 is 0 Å². The minimum atomic E-state index is 0.235. The van der Waals surface area contributed by atoms with Crippen molar-refractivity contribution in [2.24, 2.45) is 5.73 Å². The lowest BCUT2D eigenvalue weighted by molar-refractivity contribution is 0.224. The summed E-state index contributed by atoms with van der Waals surface area (Å²) in [5.41, 5.74) is 5.78. The molecule has 0 aromatic carbocycles. The first-order valence-corrected chi connectivity index (χ1v) is 7.38. The zero-order valence-electron chi connectivity index (χ0n) is 10.8. The Bertz CT molecular complexity index is 411. The molecule has 1 aromatic heterocycles. The van der Waals surface area contributed by atoms with Crippen LogP contribution in [0.1, 0.15) is 19.2 Å². The molecular formula is C11H19N5S2. The molecule has 0 bridgehead atoms. The van der Waals surface area contributed by atoms with E-state index in [1.54, 1.807) is 0 Å². The summed E-state index contributed by atoms with van der Waals surface area (Å²) in [4.78, 5) is 9.69. The fourth-order valence-electron chi connectivity index (χ4n) is 2.28. The number of anilines is 1. The third-order valence-corrected chi connectivity index (χ3v) is 4.40. The molecule has 0 amide bonds. The van der Waals surface area contributed by atoms with Crippen LogP contribution in [0.4, 0.5) is 5.13 Å². The molecule has 1 unspecified atom stereocenters. The summed E-state index contributed by atoms with van der Waals surface area (Å²) in [5.74, 6) is 0.854. The van der Waals surface area contributed by atoms with Crippen LogP contribution < -0.4 is 10.6 Å². The van der Waals surface area contributed by atoms with Gasteiger partial charge < -0.3 is 10.6 Å². The van der Waals surface area contributed by atoms with Crippen molar-refractivity contribution in [3.8, 4) is 0 Å². The number of nitrogens with zero attached hydrogens (tertiary/aromatic N) is 4. The number of aromatic nitrogens is 2. The maximum atomic E-state index is 5.78. The summed E-state index contributed by atoms with van der Waals surface area (Å²) in [5, 5.41) is 1.02. The second-order valence-electron chi connectivity index (χ2n) is 4.47. The largest absolute Gasteiger partial charge is 0.392 e. The van der Waals surface area contributed by atoms with Crippen molar-refractivity contribution in [1.29, 1.82) is 0 Å². The Kier molecular flexibility index (Phi) is 4.47. The van der Waals surface area contributed by atoms with Crippen LogP contribution in [0.15, 0.2) is 0 Å². The Morgan fingerprint density at radius 3 is 2.56 bits per heavy atom. The van der Waals surface area contributed by atoms with E-state index in [1.165, 1.54) is 11.5 Å². The summed E-state index contributed by atoms with van der Waals surface area (Å²) in [6.45, 7) is 7.95. The molecule has 18 heavy (non-hydrogen) atoms. The molecule has 5 nitrogen and oxygen atoms in total. The number of piperazine rings is 1. The molecule has 1 aromatic rings. The van der Waals surface area contributed by atoms with Gasteiger partial charge in [-0.05, 0) is 13.3 Å². The third-order valence-electron chi connectivity index (χ3n) is 3.26. The number of thiocarbonyl (C=S) groups is 1. The molecule has 1 aliphatic heterocycles. The SMILES string of the molecule is CCC(C(N)=S)N1CCN(c2nc(C)ns2)CC1. The zero-order valence-corrected chi connectivity index (χ0v) is 12.4. The van der Waals surface area contributed by atoms with Crippen LogP contribution in [0.5, 0.6) is 0 Å². The Labute approximate surface area is 117 Å². The molecule has 2 heterocycles. The van der Waals surface area contributed by atoms with Gasteiger partial charge in [-0.3, -0.25) is 4.90 Å². The van der Waals surface area contributed by atoms with Gasteiger partial charge in [-0.15, -0.1) is 0 Å². The first-order chi connectivity index (χ1) is 8.61. The monoisotopic (exact) mass is 285 g/mol. The molecular weight excluding hydrogens is 266 g/mol. The fraction of sp³-hybridized carbons (Fsp3) is 0.727. The topological polar surface area (TPSA) is 58.3 Å². The van der Waals surface area contributed by atoms with E-state index in [4.69, 9.17) is 18.0 Å². The molecule has 7 heteroatoms. The van der Waals surface area contributed by atoms with Crippen molar-refractivity contribution in [1.82, 2.24) is 14.3 Å². The smallest absolute Gasteiger partial charge is 0.205 e. The Morgan fingerprint density at radius 2 is 2.11 bits per heavy atom. The van der Waals surface area contributed by atoms with Gasteiger partial charge >= 0.3 is 0 Å². The van der Waals surface area contributed by atoms with Crippen LogP contribution in [0.3, 0.4) is 0 Å². The average molecular weight is 285 g/mol. The first kappa shape index (κ1) is 13.6. The van der Waals surface area contributed by atoms with E-state index < -0.39 is 0 Å². The highest BCUT2D eigenvalue weighted by Crippen LogP contribution is 2.19. The Balaban J connectivity index is 1.93. The van der Waals surface area contributed by atoms with Crippen molar-refractivity contribution in [2.45, 2.75) is 26.3 Å². The Morgan fingerprint density at radius 1 is 1.44 bits per heavy atom. The second-order valence-corrected chi connectivity index (χ2v) is 5.68. The van der Waals surface area contributed by atoms with Crippen LogP contribution in [-0.4, -0.2) is 51.5 Å². The van der Waals surface area contributed by atoms with Crippen LogP contribution >= 0.6 is 23.8 Å². The number of rotatable bonds is 4. The lowest BCUT2D eigenvalue weighted by Crippen LogP contribution is -2.53. The predicted molar refractivity (Wildman–Crippen MR) is 79.3 cm³/mol. The molecule has 0 saturated carbocycles. The zero-order chi connectivity index (χ0) is 13.1. The van der Waals surface area contributed by atoms with Gasteiger partial charge in [0.2, 0.25) is 5.13 Å². The highest BCUT2D eigenvalue weighted by atomic mass is 32.1. The van der Waals surface area contributed by atoms with E-state index in [0.717, 1.165) is 43.6 Å². The minimum absolute atomic E-state index is 0.235. The van der Waals surface area contributed by atoms with Gasteiger partial charge in [0.15, 0.2) is 0 Å². The summed E-state index contributed by atoms with van der Waals surface area (Å²) in [6, 6.07) is 0.235. The third kappa shape index (κ3) is 2.96. The molecule has 1 saturated heterocycles. The molecule has 0 aliphatic carbocycles. The highest BCUT2D eigenvalue weighted by molar-refractivity contribution is 7.80. The molecule has 0 spiro atoms. The second kappa shape index (κ2) is 5.90. The predicted octanol–water partition coefficient (Wildman–Crippen LogP) is 1.03. The summed E-state index contributed by atoms with van der Waals surface area (Å²) in [6.07, 6.45) is 0.979. The normalized spacial score (nSPS) is 18.9. The van der Waals surface area contributed by atoms with E-state index in [2.05, 4.69) is 26.1 Å². The van der Waals surface area contributed by atoms with Crippen molar-refractivity contribution >= 4 is 33.9 Å². The van der Waals surface area contributed by atoms with E-state index in [9.17, 15) is 0 Å². The van der Waals surface area contributed by atoms with Gasteiger partial charge in [0.25, 0.3) is 0 Å². The number of aryl methyl sites for hydroxylation is 1. The quantitative estimate of drug-likeness (QED) is 0.834. The molecule has 2 N–H and O–H groups in total. The van der Waals surface area contributed by atoms with Crippen molar-refractivity contribution in [3.63, 3.8) is 0 Å². The highest BCUT2D eigenvalue weighted by Gasteiger charge is 2.25. The molecule has 2 rings (SSSR count). The molecule has 1 atom stereocenters. The van der Waals surface area contributed by atoms with Gasteiger partial charge in [0.1, 0.15) is 5.82 Å². The minimum Gasteiger partial charge on any atom is -0.392 e. The van der Waals surface area contributed by atoms with Crippen LogP contribution in [0.2, 0.25) is 0 Å². The Hall–Kier alpha value is -0.790. The number of hydrogen-bond donors (Lipinski definition) is 1. The summed E-state index contributed by atoms with van der Waals surface area (Å²) >= 11 is 6.60. The molecule has 0 radical (unpaired) electrons. The standard InChI is InChI=1S/C11H19N5S2/c1-3-9(10(12)17)15-4-6-16(7-5-15)11-13-8(2)14-18-11/h9H,3-7H2,1-2H3,(H2,12,17). The van der Waals surface area contributed by atoms with Crippen LogP contribution in [0.25, 0.3) is 0 Å². The van der Waals surface area contributed by atoms with Gasteiger partial charge in [-0.25, -0.2) is 4.98 Å². The lowest BCUT2D eigenvalue weighted by Gasteiger charge is -2.38. The van der Waals surface area contributed by atoms with Crippen molar-refractivity contribution in [2.75, 3.05) is 31.1 Å². The summed E-state index contributed by atoms with van der Waals surface area (Å²) < 4.78 is 4.22. The van der Waals surface area contributed by atoms with Gasteiger partial charge in [-0.2, -0.15) is 4.37 Å². The summed E-state index contributed by atoms with van der Waals surface area (Å²) in [7, 11) is 0. The van der Waals surface area contributed by atoms with Crippen molar-refractivity contribution in [3.05, 3.63) is 5.82 Å². The van der Waals surface area contributed by atoms with Crippen LogP contribution in [0, 0.1) is 6.92 Å². The van der Waals surface area contributed by atoms with E-state index in [0.29, 0.717) is 4.99 Å². The number of hydrogen-bond acceptors (Lipinski definition) is 6. The van der Waals surface area contributed by atoms with Gasteiger partial charge in [0, 0.05) is 37.7 Å². The van der Waals surface area contributed by atoms with Crippen LogP contribution in [-0.2, 0) is 0 Å². The maximum Gasteiger partial charge on any atom is 0.205 e. The maximum absolute atomic E-state index is 5.78. The first-order valence-electron chi connectivity index (χ1n) is 6.20. The molecule has 100 valence electrons. The number of nitrogens with two attached hydrogens (primary N) is 1. The molecule has 1 fully saturated rings. The van der Waals surface area contributed by atoms with Gasteiger partial charge in [-0.1, -0.05) is 19.1 Å². The van der Waals surface area contributed by atoms with Gasteiger partial charge in [0.05, 0.1) is 11.0 Å². The molecule has 1 aliphatic rings. The van der Waals surface area contributed by atoms with E-state index in [1.807, 2.05) is 6.92 Å². The average Bonchev–Trinajstić information content (AvgIpc) is 2.77.